The van der Waals surface area contributed by atoms with Crippen LogP contribution >= 0.6 is 0 Å². The molecule has 2 aromatic carbocycles. The van der Waals surface area contributed by atoms with E-state index in [9.17, 15) is 4.79 Å². The minimum Gasteiger partial charge on any atom is -0.497 e. The summed E-state index contributed by atoms with van der Waals surface area (Å²) in [7, 11) is 1.58. The predicted molar refractivity (Wildman–Crippen MR) is 92.9 cm³/mol. The number of carbonyl (C=O) groups excluding carboxylic acids is 1. The molecule has 3 aromatic rings. The number of hydrogen-bond acceptors (Lipinski definition) is 5. The second-order valence-electron chi connectivity index (χ2n) is 5.20. The molecule has 5 nitrogen and oxygen atoms in total. The third kappa shape index (κ3) is 4.35. The average molecular weight is 335 g/mol. The Labute approximate surface area is 145 Å². The van der Waals surface area contributed by atoms with E-state index in [0.29, 0.717) is 22.8 Å². The summed E-state index contributed by atoms with van der Waals surface area (Å²) in [6.45, 7) is 0.112. The zero-order valence-corrected chi connectivity index (χ0v) is 13.7. The fraction of sp³-hybridized carbons (Fsp3) is 0.100. The second-order valence-corrected chi connectivity index (χ2v) is 5.20. The first kappa shape index (κ1) is 16.5. The van der Waals surface area contributed by atoms with Gasteiger partial charge in [0.15, 0.2) is 0 Å². The van der Waals surface area contributed by atoms with E-state index >= 15 is 0 Å². The van der Waals surface area contributed by atoms with Crippen LogP contribution in [0.3, 0.4) is 0 Å². The van der Waals surface area contributed by atoms with Gasteiger partial charge in [-0.15, -0.1) is 0 Å². The fourth-order valence-corrected chi connectivity index (χ4v) is 2.21. The average Bonchev–Trinajstić information content (AvgIpc) is 2.68. The maximum Gasteiger partial charge on any atom is 0.338 e. The van der Waals surface area contributed by atoms with Crippen molar-refractivity contribution in [2.24, 2.45) is 0 Å². The summed E-state index contributed by atoms with van der Waals surface area (Å²) in [6, 6.07) is 17.8. The third-order valence-electron chi connectivity index (χ3n) is 3.52. The molecule has 0 aliphatic heterocycles. The van der Waals surface area contributed by atoms with Crippen LogP contribution in [0.2, 0.25) is 0 Å². The molecule has 1 aromatic heterocycles. The standard InChI is InChI=1S/C20H17NO4/c1-23-17-10-8-15(9-11-17)20(22)24-14-16-5-2-3-7-19(16)25-18-6-4-12-21-13-18/h2-13H,14H2,1H3. The molecule has 0 spiro atoms. The van der Waals surface area contributed by atoms with E-state index in [1.807, 2.05) is 30.3 Å². The largest absolute Gasteiger partial charge is 0.497 e. The smallest absolute Gasteiger partial charge is 0.338 e. The Balaban J connectivity index is 1.67. The van der Waals surface area contributed by atoms with Crippen LogP contribution < -0.4 is 9.47 Å². The van der Waals surface area contributed by atoms with Gasteiger partial charge in [0, 0.05) is 11.8 Å². The molecule has 1 heterocycles. The number of methoxy groups -OCH3 is 1. The Morgan fingerprint density at radius 1 is 0.960 bits per heavy atom. The highest BCUT2D eigenvalue weighted by molar-refractivity contribution is 5.89. The van der Waals surface area contributed by atoms with Crippen LogP contribution in [0.4, 0.5) is 0 Å². The van der Waals surface area contributed by atoms with Gasteiger partial charge in [-0.3, -0.25) is 4.98 Å². The first-order valence-electron chi connectivity index (χ1n) is 7.73. The van der Waals surface area contributed by atoms with Crippen molar-refractivity contribution >= 4 is 5.97 Å². The van der Waals surface area contributed by atoms with Gasteiger partial charge in [-0.1, -0.05) is 18.2 Å². The molecule has 25 heavy (non-hydrogen) atoms. The van der Waals surface area contributed by atoms with Crippen molar-refractivity contribution in [3.05, 3.63) is 84.2 Å². The van der Waals surface area contributed by atoms with E-state index in [1.54, 1.807) is 49.8 Å². The van der Waals surface area contributed by atoms with E-state index in [2.05, 4.69) is 4.98 Å². The zero-order chi connectivity index (χ0) is 17.5. The summed E-state index contributed by atoms with van der Waals surface area (Å²) < 4.78 is 16.3. The maximum absolute atomic E-state index is 12.2. The number of pyridine rings is 1. The molecule has 0 atom stereocenters. The quantitative estimate of drug-likeness (QED) is 0.631. The molecule has 0 saturated heterocycles. The SMILES string of the molecule is COc1ccc(C(=O)OCc2ccccc2Oc2cccnc2)cc1. The van der Waals surface area contributed by atoms with Gasteiger partial charge in [-0.25, -0.2) is 4.79 Å². The van der Waals surface area contributed by atoms with Gasteiger partial charge in [0.05, 0.1) is 18.9 Å². The predicted octanol–water partition coefficient (Wildman–Crippen LogP) is 4.24. The molecule has 3 rings (SSSR count). The lowest BCUT2D eigenvalue weighted by Crippen LogP contribution is -2.06. The van der Waals surface area contributed by atoms with E-state index in [-0.39, 0.29) is 6.61 Å². The molecule has 0 N–H and O–H groups in total. The molecule has 0 amide bonds. The van der Waals surface area contributed by atoms with Gasteiger partial charge in [-0.05, 0) is 42.5 Å². The molecule has 0 fully saturated rings. The molecular formula is C20H17NO4. The number of para-hydroxylation sites is 1. The number of nitrogens with zero attached hydrogens (tertiary/aromatic N) is 1. The van der Waals surface area contributed by atoms with Crippen molar-refractivity contribution in [2.45, 2.75) is 6.61 Å². The summed E-state index contributed by atoms with van der Waals surface area (Å²) >= 11 is 0. The molecule has 0 aliphatic carbocycles. The molecular weight excluding hydrogens is 318 g/mol. The zero-order valence-electron chi connectivity index (χ0n) is 13.7. The minimum atomic E-state index is -0.404. The summed E-state index contributed by atoms with van der Waals surface area (Å²) in [5, 5.41) is 0. The molecule has 0 aliphatic rings. The van der Waals surface area contributed by atoms with Gasteiger partial charge in [0.2, 0.25) is 0 Å². The van der Waals surface area contributed by atoms with Crippen LogP contribution in [0, 0.1) is 0 Å². The van der Waals surface area contributed by atoms with E-state index in [4.69, 9.17) is 14.2 Å². The van der Waals surface area contributed by atoms with Crippen LogP contribution in [0.1, 0.15) is 15.9 Å². The third-order valence-corrected chi connectivity index (χ3v) is 3.52. The number of hydrogen-bond donors (Lipinski definition) is 0. The van der Waals surface area contributed by atoms with E-state index in [0.717, 1.165) is 5.56 Å². The number of aromatic nitrogens is 1. The molecule has 0 unspecified atom stereocenters. The Hall–Kier alpha value is -3.34. The van der Waals surface area contributed by atoms with Crippen molar-refractivity contribution < 1.29 is 19.0 Å². The summed E-state index contributed by atoms with van der Waals surface area (Å²) in [6.07, 6.45) is 3.30. The number of esters is 1. The fourth-order valence-electron chi connectivity index (χ4n) is 2.21. The van der Waals surface area contributed by atoms with Crippen molar-refractivity contribution in [1.82, 2.24) is 4.98 Å². The number of ether oxygens (including phenoxy) is 3. The van der Waals surface area contributed by atoms with Crippen molar-refractivity contribution in [2.75, 3.05) is 7.11 Å². The monoisotopic (exact) mass is 335 g/mol. The highest BCUT2D eigenvalue weighted by Crippen LogP contribution is 2.25. The van der Waals surface area contributed by atoms with Gasteiger partial charge < -0.3 is 14.2 Å². The van der Waals surface area contributed by atoms with Crippen LogP contribution in [0.25, 0.3) is 0 Å². The Bertz CT molecular complexity index is 832. The highest BCUT2D eigenvalue weighted by atomic mass is 16.5. The lowest BCUT2D eigenvalue weighted by atomic mass is 10.2. The van der Waals surface area contributed by atoms with Crippen LogP contribution in [-0.4, -0.2) is 18.1 Å². The van der Waals surface area contributed by atoms with E-state index in [1.165, 1.54) is 0 Å². The Kier molecular flexibility index (Phi) is 5.26. The molecule has 0 radical (unpaired) electrons. The molecule has 0 bridgehead atoms. The van der Waals surface area contributed by atoms with Gasteiger partial charge in [0.25, 0.3) is 0 Å². The number of rotatable bonds is 6. The summed E-state index contributed by atoms with van der Waals surface area (Å²) in [5.41, 5.74) is 1.24. The summed E-state index contributed by atoms with van der Waals surface area (Å²) in [4.78, 5) is 16.2. The second kappa shape index (κ2) is 7.97. The van der Waals surface area contributed by atoms with Crippen molar-refractivity contribution in [3.63, 3.8) is 0 Å². The van der Waals surface area contributed by atoms with Crippen molar-refractivity contribution in [1.29, 1.82) is 0 Å². The number of carbonyl (C=O) groups is 1. The lowest BCUT2D eigenvalue weighted by molar-refractivity contribution is 0.0470. The van der Waals surface area contributed by atoms with Crippen LogP contribution in [0.5, 0.6) is 17.2 Å². The lowest BCUT2D eigenvalue weighted by Gasteiger charge is -2.11. The van der Waals surface area contributed by atoms with Gasteiger partial charge in [0.1, 0.15) is 23.9 Å². The van der Waals surface area contributed by atoms with Gasteiger partial charge >= 0.3 is 5.97 Å². The maximum atomic E-state index is 12.2. The topological polar surface area (TPSA) is 57.7 Å². The molecule has 126 valence electrons. The molecule has 0 saturated carbocycles. The Morgan fingerprint density at radius 3 is 2.48 bits per heavy atom. The summed E-state index contributed by atoms with van der Waals surface area (Å²) in [5.74, 6) is 1.53. The first-order chi connectivity index (χ1) is 12.3. The van der Waals surface area contributed by atoms with Gasteiger partial charge in [-0.2, -0.15) is 0 Å². The first-order valence-corrected chi connectivity index (χ1v) is 7.73. The van der Waals surface area contributed by atoms with Crippen LogP contribution in [-0.2, 0) is 11.3 Å². The van der Waals surface area contributed by atoms with Crippen LogP contribution in [0.15, 0.2) is 73.1 Å². The number of benzene rings is 2. The Morgan fingerprint density at radius 2 is 1.76 bits per heavy atom. The normalized spacial score (nSPS) is 10.1. The van der Waals surface area contributed by atoms with E-state index < -0.39 is 5.97 Å². The highest BCUT2D eigenvalue weighted by Gasteiger charge is 2.10. The molecule has 5 heteroatoms. The minimum absolute atomic E-state index is 0.112. The van der Waals surface area contributed by atoms with Crippen molar-refractivity contribution in [3.8, 4) is 17.2 Å².